The van der Waals surface area contributed by atoms with Crippen LogP contribution in [0.3, 0.4) is 0 Å². The standard InChI is InChI=1S/C12H16N2O2/c1-3-7-14-12(16)10-6-4-5-9(8(10)2)11(13)15/h4-6H,3,7H2,1-2H3,(H2,13,15)(H,14,16). The van der Waals surface area contributed by atoms with Gasteiger partial charge in [-0.05, 0) is 31.0 Å². The van der Waals surface area contributed by atoms with Crippen molar-refractivity contribution in [2.75, 3.05) is 6.54 Å². The Morgan fingerprint density at radius 3 is 2.50 bits per heavy atom. The Morgan fingerprint density at radius 2 is 1.94 bits per heavy atom. The molecule has 0 saturated carbocycles. The molecule has 0 saturated heterocycles. The number of carbonyl (C=O) groups excluding carboxylic acids is 2. The quantitative estimate of drug-likeness (QED) is 0.801. The largest absolute Gasteiger partial charge is 0.366 e. The predicted octanol–water partition coefficient (Wildman–Crippen LogP) is 1.23. The second kappa shape index (κ2) is 5.30. The molecule has 0 unspecified atom stereocenters. The number of primary amides is 1. The van der Waals surface area contributed by atoms with E-state index in [1.807, 2.05) is 6.92 Å². The molecule has 0 aliphatic rings. The normalized spacial score (nSPS) is 9.88. The fourth-order valence-corrected chi connectivity index (χ4v) is 1.48. The summed E-state index contributed by atoms with van der Waals surface area (Å²) in [6.07, 6.45) is 0.875. The maximum absolute atomic E-state index is 11.7. The molecule has 1 aromatic rings. The van der Waals surface area contributed by atoms with Crippen LogP contribution in [-0.2, 0) is 0 Å². The molecule has 0 aliphatic heterocycles. The van der Waals surface area contributed by atoms with E-state index >= 15 is 0 Å². The summed E-state index contributed by atoms with van der Waals surface area (Å²) >= 11 is 0. The van der Waals surface area contributed by atoms with Gasteiger partial charge in [0.2, 0.25) is 5.91 Å². The molecule has 1 aromatic carbocycles. The van der Waals surface area contributed by atoms with Crippen molar-refractivity contribution in [3.8, 4) is 0 Å². The Balaban J connectivity index is 3.01. The minimum absolute atomic E-state index is 0.164. The average molecular weight is 220 g/mol. The van der Waals surface area contributed by atoms with E-state index in [0.717, 1.165) is 6.42 Å². The molecule has 2 amide bonds. The minimum Gasteiger partial charge on any atom is -0.366 e. The van der Waals surface area contributed by atoms with Gasteiger partial charge in [-0.2, -0.15) is 0 Å². The van der Waals surface area contributed by atoms with E-state index in [-0.39, 0.29) is 5.91 Å². The van der Waals surface area contributed by atoms with E-state index < -0.39 is 5.91 Å². The van der Waals surface area contributed by atoms with Crippen molar-refractivity contribution in [2.45, 2.75) is 20.3 Å². The molecule has 0 spiro atoms. The fourth-order valence-electron chi connectivity index (χ4n) is 1.48. The van der Waals surface area contributed by atoms with E-state index in [9.17, 15) is 9.59 Å². The third-order valence-electron chi connectivity index (χ3n) is 2.38. The number of hydrogen-bond acceptors (Lipinski definition) is 2. The summed E-state index contributed by atoms with van der Waals surface area (Å²) in [6, 6.07) is 4.97. The smallest absolute Gasteiger partial charge is 0.251 e. The first-order valence-electron chi connectivity index (χ1n) is 5.25. The summed E-state index contributed by atoms with van der Waals surface area (Å²) in [5.74, 6) is -0.676. The maximum Gasteiger partial charge on any atom is 0.251 e. The van der Waals surface area contributed by atoms with Crippen LogP contribution in [0.2, 0.25) is 0 Å². The van der Waals surface area contributed by atoms with Crippen LogP contribution < -0.4 is 11.1 Å². The maximum atomic E-state index is 11.7. The van der Waals surface area contributed by atoms with Gasteiger partial charge in [-0.15, -0.1) is 0 Å². The summed E-state index contributed by atoms with van der Waals surface area (Å²) in [5.41, 5.74) is 6.74. The van der Waals surface area contributed by atoms with E-state index in [2.05, 4.69) is 5.32 Å². The van der Waals surface area contributed by atoms with E-state index in [0.29, 0.717) is 23.2 Å². The van der Waals surface area contributed by atoms with Crippen molar-refractivity contribution in [2.24, 2.45) is 5.73 Å². The van der Waals surface area contributed by atoms with E-state index in [1.54, 1.807) is 25.1 Å². The number of benzene rings is 1. The van der Waals surface area contributed by atoms with Gasteiger partial charge in [-0.3, -0.25) is 9.59 Å². The van der Waals surface area contributed by atoms with Crippen LogP contribution in [0.1, 0.15) is 39.6 Å². The van der Waals surface area contributed by atoms with E-state index in [1.165, 1.54) is 0 Å². The van der Waals surface area contributed by atoms with Crippen molar-refractivity contribution >= 4 is 11.8 Å². The van der Waals surface area contributed by atoms with Crippen LogP contribution >= 0.6 is 0 Å². The van der Waals surface area contributed by atoms with Gasteiger partial charge >= 0.3 is 0 Å². The number of carbonyl (C=O) groups is 2. The molecule has 0 radical (unpaired) electrons. The van der Waals surface area contributed by atoms with Gasteiger partial charge in [-0.1, -0.05) is 13.0 Å². The molecule has 0 heterocycles. The molecule has 4 heteroatoms. The number of amides is 2. The van der Waals surface area contributed by atoms with Crippen LogP contribution in [0, 0.1) is 6.92 Å². The second-order valence-corrected chi connectivity index (χ2v) is 3.60. The van der Waals surface area contributed by atoms with Crippen LogP contribution in [0.4, 0.5) is 0 Å². The van der Waals surface area contributed by atoms with E-state index in [4.69, 9.17) is 5.73 Å². The molecule has 86 valence electrons. The van der Waals surface area contributed by atoms with Crippen molar-refractivity contribution in [1.29, 1.82) is 0 Å². The molecule has 4 nitrogen and oxygen atoms in total. The first-order valence-corrected chi connectivity index (χ1v) is 5.25. The molecular formula is C12H16N2O2. The first kappa shape index (κ1) is 12.2. The molecule has 0 bridgehead atoms. The molecule has 0 fully saturated rings. The van der Waals surface area contributed by atoms with Gasteiger partial charge in [0.1, 0.15) is 0 Å². The van der Waals surface area contributed by atoms with Crippen LogP contribution in [0.15, 0.2) is 18.2 Å². The molecule has 1 rings (SSSR count). The molecular weight excluding hydrogens is 204 g/mol. The molecule has 3 N–H and O–H groups in total. The highest BCUT2D eigenvalue weighted by Crippen LogP contribution is 2.13. The minimum atomic E-state index is -0.511. The molecule has 0 aromatic heterocycles. The highest BCUT2D eigenvalue weighted by Gasteiger charge is 2.13. The zero-order chi connectivity index (χ0) is 12.1. The monoisotopic (exact) mass is 220 g/mol. The summed E-state index contributed by atoms with van der Waals surface area (Å²) in [5, 5.41) is 2.76. The number of nitrogens with two attached hydrogens (primary N) is 1. The summed E-state index contributed by atoms with van der Waals surface area (Å²) in [6.45, 7) is 4.33. The zero-order valence-electron chi connectivity index (χ0n) is 9.54. The van der Waals surface area contributed by atoms with Gasteiger partial charge in [0.25, 0.3) is 5.91 Å². The Bertz CT molecular complexity index is 413. The zero-order valence-corrected chi connectivity index (χ0v) is 9.54. The molecule has 0 atom stereocenters. The summed E-state index contributed by atoms with van der Waals surface area (Å²) in [4.78, 5) is 22.8. The van der Waals surface area contributed by atoms with Crippen molar-refractivity contribution in [3.63, 3.8) is 0 Å². The van der Waals surface area contributed by atoms with Gasteiger partial charge < -0.3 is 11.1 Å². The average Bonchev–Trinajstić information content (AvgIpc) is 2.25. The van der Waals surface area contributed by atoms with Crippen molar-refractivity contribution in [3.05, 3.63) is 34.9 Å². The predicted molar refractivity (Wildman–Crippen MR) is 62.3 cm³/mol. The fraction of sp³-hybridized carbons (Fsp3) is 0.333. The van der Waals surface area contributed by atoms with Crippen molar-refractivity contribution in [1.82, 2.24) is 5.32 Å². The third kappa shape index (κ3) is 2.59. The number of nitrogens with one attached hydrogen (secondary N) is 1. The van der Waals surface area contributed by atoms with Gasteiger partial charge in [0.05, 0.1) is 0 Å². The van der Waals surface area contributed by atoms with Crippen LogP contribution in [0.25, 0.3) is 0 Å². The lowest BCUT2D eigenvalue weighted by atomic mass is 10.0. The topological polar surface area (TPSA) is 72.2 Å². The lowest BCUT2D eigenvalue weighted by Gasteiger charge is -2.09. The Kier molecular flexibility index (Phi) is 4.05. The van der Waals surface area contributed by atoms with Crippen molar-refractivity contribution < 1.29 is 9.59 Å². The SMILES string of the molecule is CCCNC(=O)c1cccc(C(N)=O)c1C. The van der Waals surface area contributed by atoms with Crippen LogP contribution in [0.5, 0.6) is 0 Å². The summed E-state index contributed by atoms with van der Waals surface area (Å²) < 4.78 is 0. The van der Waals surface area contributed by atoms with Gasteiger partial charge in [-0.25, -0.2) is 0 Å². The third-order valence-corrected chi connectivity index (χ3v) is 2.38. The lowest BCUT2D eigenvalue weighted by Crippen LogP contribution is -2.25. The highest BCUT2D eigenvalue weighted by atomic mass is 16.2. The Labute approximate surface area is 94.8 Å². The van der Waals surface area contributed by atoms with Gasteiger partial charge in [0.15, 0.2) is 0 Å². The number of rotatable bonds is 4. The first-order chi connectivity index (χ1) is 7.57. The van der Waals surface area contributed by atoms with Gasteiger partial charge in [0, 0.05) is 17.7 Å². The van der Waals surface area contributed by atoms with Crippen LogP contribution in [-0.4, -0.2) is 18.4 Å². The Morgan fingerprint density at radius 1 is 1.31 bits per heavy atom. The summed E-state index contributed by atoms with van der Waals surface area (Å²) in [7, 11) is 0. The second-order valence-electron chi connectivity index (χ2n) is 3.60. The Hall–Kier alpha value is -1.84. The lowest BCUT2D eigenvalue weighted by molar-refractivity contribution is 0.0953. The molecule has 16 heavy (non-hydrogen) atoms. The highest BCUT2D eigenvalue weighted by molar-refractivity contribution is 6.01. The number of hydrogen-bond donors (Lipinski definition) is 2. The molecule has 0 aliphatic carbocycles.